The number of benzene rings is 3. The first kappa shape index (κ1) is 25.2. The van der Waals surface area contributed by atoms with Crippen LogP contribution in [0.2, 0.25) is 0 Å². The number of para-hydroxylation sites is 1. The number of halogens is 1. The second-order valence-corrected chi connectivity index (χ2v) is 11.9. The van der Waals surface area contributed by atoms with Crippen molar-refractivity contribution >= 4 is 45.3 Å². The second kappa shape index (κ2) is 10.9. The van der Waals surface area contributed by atoms with Gasteiger partial charge in [0.05, 0.1) is 0 Å². The highest BCUT2D eigenvalue weighted by molar-refractivity contribution is 14.1. The van der Waals surface area contributed by atoms with Gasteiger partial charge in [-0.25, -0.2) is 0 Å². The zero-order valence-corrected chi connectivity index (χ0v) is 23.6. The molecule has 2 heterocycles. The molecule has 0 radical (unpaired) electrons. The van der Waals surface area contributed by atoms with Gasteiger partial charge < -0.3 is 14.8 Å². The number of hydrogen-bond donors (Lipinski definition) is 1. The predicted molar refractivity (Wildman–Crippen MR) is 159 cm³/mol. The fourth-order valence-electron chi connectivity index (χ4n) is 6.02. The van der Waals surface area contributed by atoms with E-state index in [1.165, 1.54) is 20.3 Å². The van der Waals surface area contributed by atoms with Crippen molar-refractivity contribution in [3.8, 4) is 0 Å². The fraction of sp³-hybridized carbons (Fsp3) is 0.312. The van der Waals surface area contributed by atoms with E-state index in [-0.39, 0.29) is 17.7 Å². The van der Waals surface area contributed by atoms with Crippen molar-refractivity contribution in [3.63, 3.8) is 0 Å². The number of piperidine rings is 1. The molecule has 194 valence electrons. The molecule has 4 aromatic rings. The molecule has 1 aromatic heterocycles. The van der Waals surface area contributed by atoms with Crippen molar-refractivity contribution < 1.29 is 9.59 Å². The van der Waals surface area contributed by atoms with Gasteiger partial charge in [0, 0.05) is 46.6 Å². The molecule has 6 heteroatoms. The Bertz CT molecular complexity index is 1440. The lowest BCUT2D eigenvalue weighted by molar-refractivity contribution is -0.126. The highest BCUT2D eigenvalue weighted by Gasteiger charge is 2.30. The molecule has 1 fully saturated rings. The Morgan fingerprint density at radius 3 is 2.24 bits per heavy atom. The van der Waals surface area contributed by atoms with Crippen molar-refractivity contribution in [1.82, 2.24) is 14.8 Å². The normalized spacial score (nSPS) is 16.1. The van der Waals surface area contributed by atoms with Crippen LogP contribution in [-0.4, -0.2) is 40.9 Å². The summed E-state index contributed by atoms with van der Waals surface area (Å²) >= 11 is 2.31. The quantitative estimate of drug-likeness (QED) is 0.284. The zero-order chi connectivity index (χ0) is 26.1. The summed E-state index contributed by atoms with van der Waals surface area (Å²) in [6.07, 6.45) is 3.50. The van der Waals surface area contributed by atoms with Crippen molar-refractivity contribution in [1.29, 1.82) is 0 Å². The third-order valence-electron chi connectivity index (χ3n) is 8.14. The van der Waals surface area contributed by atoms with Crippen molar-refractivity contribution in [3.05, 3.63) is 105 Å². The summed E-state index contributed by atoms with van der Waals surface area (Å²) in [7, 11) is 0. The van der Waals surface area contributed by atoms with E-state index in [1.54, 1.807) is 0 Å². The number of carbonyl (C=O) groups excluding carboxylic acids is 2. The fourth-order valence-corrected chi connectivity index (χ4v) is 6.38. The summed E-state index contributed by atoms with van der Waals surface area (Å²) in [6.45, 7) is 2.59. The largest absolute Gasteiger partial charge is 0.356 e. The van der Waals surface area contributed by atoms with Crippen LogP contribution in [0, 0.1) is 15.4 Å². The molecule has 1 saturated heterocycles. The molecule has 3 aromatic carbocycles. The third-order valence-corrected chi connectivity index (χ3v) is 8.86. The molecule has 0 spiro atoms. The minimum absolute atomic E-state index is 0.0273. The van der Waals surface area contributed by atoms with Gasteiger partial charge in [-0.3, -0.25) is 9.59 Å². The van der Waals surface area contributed by atoms with Crippen LogP contribution in [0.1, 0.15) is 40.0 Å². The van der Waals surface area contributed by atoms with Crippen LogP contribution >= 0.6 is 22.6 Å². The van der Waals surface area contributed by atoms with E-state index >= 15 is 0 Å². The van der Waals surface area contributed by atoms with E-state index in [9.17, 15) is 9.59 Å². The van der Waals surface area contributed by atoms with E-state index in [2.05, 4.69) is 93.1 Å². The first-order chi connectivity index (χ1) is 18.5. The second-order valence-electron chi connectivity index (χ2n) is 10.7. The highest BCUT2D eigenvalue weighted by atomic mass is 127. The molecular formula is C32H32IN3O2. The number of likely N-dealkylation sites (tertiary alicyclic amines) is 1. The Kier molecular flexibility index (Phi) is 7.24. The minimum Gasteiger partial charge on any atom is -0.356 e. The Morgan fingerprint density at radius 2 is 1.53 bits per heavy atom. The minimum atomic E-state index is -0.0273. The van der Waals surface area contributed by atoms with Crippen LogP contribution in [0.25, 0.3) is 10.9 Å². The van der Waals surface area contributed by atoms with Gasteiger partial charge >= 0.3 is 0 Å². The summed E-state index contributed by atoms with van der Waals surface area (Å²) < 4.78 is 3.33. The number of nitrogens with zero attached hydrogens (tertiary/aromatic N) is 2. The molecule has 1 aliphatic heterocycles. The maximum Gasteiger partial charge on any atom is 0.270 e. The van der Waals surface area contributed by atoms with Gasteiger partial charge in [-0.05, 0) is 95.1 Å². The number of rotatable bonds is 6. The summed E-state index contributed by atoms with van der Waals surface area (Å²) in [5.74, 6) is 0.642. The van der Waals surface area contributed by atoms with Gasteiger partial charge in [-0.15, -0.1) is 0 Å². The van der Waals surface area contributed by atoms with E-state index < -0.39 is 0 Å². The molecule has 2 amide bonds. The summed E-state index contributed by atoms with van der Waals surface area (Å²) in [6, 6.07) is 27.2. The van der Waals surface area contributed by atoms with E-state index in [0.29, 0.717) is 44.1 Å². The van der Waals surface area contributed by atoms with Gasteiger partial charge in [0.15, 0.2) is 0 Å². The van der Waals surface area contributed by atoms with Crippen LogP contribution in [-0.2, 0) is 24.2 Å². The molecule has 38 heavy (non-hydrogen) atoms. The number of hydrogen-bond acceptors (Lipinski definition) is 2. The number of fused-ring (bicyclic) bond motifs is 2. The smallest absolute Gasteiger partial charge is 0.270 e. The molecule has 0 bridgehead atoms. The van der Waals surface area contributed by atoms with Crippen molar-refractivity contribution in [2.24, 2.45) is 11.8 Å². The van der Waals surface area contributed by atoms with Crippen molar-refractivity contribution in [2.45, 2.75) is 32.2 Å². The molecule has 1 aliphatic carbocycles. The van der Waals surface area contributed by atoms with Crippen molar-refractivity contribution in [2.75, 3.05) is 19.6 Å². The SMILES string of the molecule is O=C(NCC1Cc2ccccc2C1)C1CCN(C(=O)c2cc3ccccc3n2Cc2ccc(I)cc2)CC1. The maximum atomic E-state index is 13.7. The van der Waals surface area contributed by atoms with Gasteiger partial charge in [-0.1, -0.05) is 54.6 Å². The topological polar surface area (TPSA) is 54.3 Å². The van der Waals surface area contributed by atoms with Crippen LogP contribution < -0.4 is 5.32 Å². The lowest BCUT2D eigenvalue weighted by Crippen LogP contribution is -2.44. The van der Waals surface area contributed by atoms with E-state index in [1.807, 2.05) is 23.1 Å². The first-order valence-corrected chi connectivity index (χ1v) is 14.6. The monoisotopic (exact) mass is 617 g/mol. The Hall–Kier alpha value is -3.13. The average molecular weight is 618 g/mol. The third kappa shape index (κ3) is 5.23. The molecule has 0 saturated carbocycles. The van der Waals surface area contributed by atoms with Gasteiger partial charge in [0.25, 0.3) is 5.91 Å². The summed E-state index contributed by atoms with van der Waals surface area (Å²) in [5.41, 5.74) is 5.78. The number of nitrogens with one attached hydrogen (secondary N) is 1. The number of aromatic nitrogens is 1. The van der Waals surface area contributed by atoms with E-state index in [4.69, 9.17) is 0 Å². The Morgan fingerprint density at radius 1 is 0.868 bits per heavy atom. The summed E-state index contributed by atoms with van der Waals surface area (Å²) in [4.78, 5) is 28.6. The highest BCUT2D eigenvalue weighted by Crippen LogP contribution is 2.27. The van der Waals surface area contributed by atoms with Gasteiger partial charge in [0.2, 0.25) is 5.91 Å². The van der Waals surface area contributed by atoms with Gasteiger partial charge in [-0.2, -0.15) is 0 Å². The zero-order valence-electron chi connectivity index (χ0n) is 21.4. The predicted octanol–water partition coefficient (Wildman–Crippen LogP) is 5.68. The summed E-state index contributed by atoms with van der Waals surface area (Å²) in [5, 5.41) is 4.29. The molecule has 1 N–H and O–H groups in total. The van der Waals surface area contributed by atoms with Crippen LogP contribution in [0.15, 0.2) is 78.9 Å². The molecule has 5 nitrogen and oxygen atoms in total. The average Bonchev–Trinajstić information content (AvgIpc) is 3.54. The molecule has 6 rings (SSSR count). The van der Waals surface area contributed by atoms with Crippen LogP contribution in [0.3, 0.4) is 0 Å². The molecule has 2 aliphatic rings. The number of carbonyl (C=O) groups is 2. The lowest BCUT2D eigenvalue weighted by atomic mass is 9.95. The first-order valence-electron chi connectivity index (χ1n) is 13.5. The Labute approximate surface area is 237 Å². The van der Waals surface area contributed by atoms with E-state index in [0.717, 1.165) is 30.3 Å². The van der Waals surface area contributed by atoms with Crippen LogP contribution in [0.4, 0.5) is 0 Å². The number of amides is 2. The standard InChI is InChI=1S/C32H32IN3O2/c33-28-11-9-22(10-12-28)21-36-29-8-4-3-7-27(29)19-30(36)32(38)35-15-13-24(14-16-35)31(37)34-20-23-17-25-5-1-2-6-26(25)18-23/h1-12,19,23-24H,13-18,20-21H2,(H,34,37). The van der Waals surface area contributed by atoms with Gasteiger partial charge in [0.1, 0.15) is 5.69 Å². The molecule has 0 atom stereocenters. The molecule has 0 unspecified atom stereocenters. The Balaban J connectivity index is 1.09. The van der Waals surface area contributed by atoms with Crippen LogP contribution in [0.5, 0.6) is 0 Å². The lowest BCUT2D eigenvalue weighted by Gasteiger charge is -2.32. The molecular weight excluding hydrogens is 585 g/mol. The maximum absolute atomic E-state index is 13.7.